The van der Waals surface area contributed by atoms with Crippen LogP contribution in [-0.4, -0.2) is 5.91 Å². The van der Waals surface area contributed by atoms with Crippen LogP contribution in [0.15, 0.2) is 24.3 Å². The third-order valence-corrected chi connectivity index (χ3v) is 5.15. The van der Waals surface area contributed by atoms with Gasteiger partial charge in [0.2, 0.25) is 0 Å². The Balaban J connectivity index is 2.41. The fourth-order valence-electron chi connectivity index (χ4n) is 2.56. The van der Waals surface area contributed by atoms with E-state index in [1.54, 1.807) is 11.3 Å². The number of carbonyl (C=O) groups excluding carboxylic acids is 1. The van der Waals surface area contributed by atoms with Crippen molar-refractivity contribution in [3.8, 4) is 0 Å². The van der Waals surface area contributed by atoms with Gasteiger partial charge in [0.05, 0.1) is 4.88 Å². The van der Waals surface area contributed by atoms with Gasteiger partial charge in [-0.2, -0.15) is 0 Å². The second-order valence-corrected chi connectivity index (χ2v) is 7.68. The van der Waals surface area contributed by atoms with Crippen molar-refractivity contribution in [2.24, 2.45) is 0 Å². The molecule has 0 saturated heterocycles. The van der Waals surface area contributed by atoms with Crippen LogP contribution in [-0.2, 0) is 0 Å². The smallest absolute Gasteiger partial charge is 0.265 e. The summed E-state index contributed by atoms with van der Waals surface area (Å²) in [5, 5.41) is 3.17. The summed E-state index contributed by atoms with van der Waals surface area (Å²) in [6, 6.07) is 8.27. The fourth-order valence-corrected chi connectivity index (χ4v) is 3.48. The van der Waals surface area contributed by atoms with E-state index in [1.165, 1.54) is 21.6 Å². The van der Waals surface area contributed by atoms with E-state index < -0.39 is 0 Å². The molecule has 2 aromatic rings. The first-order valence-electron chi connectivity index (χ1n) is 7.82. The van der Waals surface area contributed by atoms with Crippen molar-refractivity contribution in [2.75, 3.05) is 5.32 Å². The lowest BCUT2D eigenvalue weighted by Crippen LogP contribution is -2.14. The Kier molecular flexibility index (Phi) is 5.07. The molecule has 2 rings (SSSR count). The highest BCUT2D eigenvalue weighted by atomic mass is 32.1. The lowest BCUT2D eigenvalue weighted by molar-refractivity contribution is 0.103. The highest BCUT2D eigenvalue weighted by Crippen LogP contribution is 2.33. The van der Waals surface area contributed by atoms with Crippen LogP contribution >= 0.6 is 11.3 Å². The van der Waals surface area contributed by atoms with Gasteiger partial charge in [-0.15, -0.1) is 11.3 Å². The molecular formula is C19H25NOS. The summed E-state index contributed by atoms with van der Waals surface area (Å²) in [6.07, 6.45) is 0. The first kappa shape index (κ1) is 16.8. The molecule has 0 aliphatic carbocycles. The summed E-state index contributed by atoms with van der Waals surface area (Å²) in [6.45, 7) is 12.7. The van der Waals surface area contributed by atoms with Gasteiger partial charge in [-0.05, 0) is 48.4 Å². The maximum absolute atomic E-state index is 12.6. The molecule has 1 aromatic heterocycles. The SMILES string of the molecule is Cc1cc(C(=O)Nc2c(C(C)C)cccc2C(C)C)sc1C. The number of rotatable bonds is 4. The lowest BCUT2D eigenvalue weighted by Gasteiger charge is -2.19. The summed E-state index contributed by atoms with van der Waals surface area (Å²) in [4.78, 5) is 14.6. The number of anilines is 1. The maximum atomic E-state index is 12.6. The number of hydrogen-bond acceptors (Lipinski definition) is 2. The molecule has 0 bridgehead atoms. The van der Waals surface area contributed by atoms with Gasteiger partial charge in [0.15, 0.2) is 0 Å². The van der Waals surface area contributed by atoms with E-state index in [1.807, 2.05) is 13.0 Å². The van der Waals surface area contributed by atoms with E-state index in [-0.39, 0.29) is 5.91 Å². The van der Waals surface area contributed by atoms with Gasteiger partial charge in [0.1, 0.15) is 0 Å². The number of aryl methyl sites for hydroxylation is 2. The summed E-state index contributed by atoms with van der Waals surface area (Å²) in [7, 11) is 0. The van der Waals surface area contributed by atoms with E-state index in [0.717, 1.165) is 10.6 Å². The second kappa shape index (κ2) is 6.66. The van der Waals surface area contributed by atoms with Crippen molar-refractivity contribution in [3.63, 3.8) is 0 Å². The summed E-state index contributed by atoms with van der Waals surface area (Å²) in [5.74, 6) is 0.748. The Morgan fingerprint density at radius 2 is 1.59 bits per heavy atom. The number of carbonyl (C=O) groups is 1. The number of para-hydroxylation sites is 1. The van der Waals surface area contributed by atoms with Gasteiger partial charge < -0.3 is 5.32 Å². The average Bonchev–Trinajstić information content (AvgIpc) is 2.78. The van der Waals surface area contributed by atoms with Crippen LogP contribution in [0.1, 0.15) is 70.8 Å². The summed E-state index contributed by atoms with van der Waals surface area (Å²) < 4.78 is 0. The average molecular weight is 315 g/mol. The van der Waals surface area contributed by atoms with Gasteiger partial charge >= 0.3 is 0 Å². The largest absolute Gasteiger partial charge is 0.321 e. The summed E-state index contributed by atoms with van der Waals surface area (Å²) in [5.41, 5.74) is 4.56. The zero-order chi connectivity index (χ0) is 16.4. The Bertz CT molecular complexity index is 637. The molecule has 0 aliphatic heterocycles. The molecule has 1 heterocycles. The molecule has 1 aromatic carbocycles. The molecule has 0 spiro atoms. The molecule has 0 fully saturated rings. The van der Waals surface area contributed by atoms with Crippen LogP contribution < -0.4 is 5.32 Å². The molecule has 0 radical (unpaired) electrons. The normalized spacial score (nSPS) is 11.3. The topological polar surface area (TPSA) is 29.1 Å². The Morgan fingerprint density at radius 1 is 1.05 bits per heavy atom. The van der Waals surface area contributed by atoms with Crippen LogP contribution in [0.5, 0.6) is 0 Å². The predicted molar refractivity (Wildman–Crippen MR) is 96.4 cm³/mol. The van der Waals surface area contributed by atoms with E-state index in [2.05, 4.69) is 58.1 Å². The third kappa shape index (κ3) is 3.41. The lowest BCUT2D eigenvalue weighted by atomic mass is 9.92. The van der Waals surface area contributed by atoms with Crippen molar-refractivity contribution in [1.82, 2.24) is 0 Å². The van der Waals surface area contributed by atoms with Gasteiger partial charge in [-0.25, -0.2) is 0 Å². The molecule has 118 valence electrons. The Hall–Kier alpha value is -1.61. The first-order chi connectivity index (χ1) is 10.3. The summed E-state index contributed by atoms with van der Waals surface area (Å²) >= 11 is 1.56. The zero-order valence-electron chi connectivity index (χ0n) is 14.3. The molecule has 0 atom stereocenters. The second-order valence-electron chi connectivity index (χ2n) is 6.42. The number of hydrogen-bond donors (Lipinski definition) is 1. The molecular weight excluding hydrogens is 290 g/mol. The third-order valence-electron chi connectivity index (χ3n) is 4.00. The minimum atomic E-state index is -0.00352. The molecule has 1 amide bonds. The number of thiophene rings is 1. The number of amides is 1. The van der Waals surface area contributed by atoms with E-state index in [9.17, 15) is 4.79 Å². The predicted octanol–water partition coefficient (Wildman–Crippen LogP) is 5.86. The van der Waals surface area contributed by atoms with Crippen molar-refractivity contribution < 1.29 is 4.79 Å². The molecule has 22 heavy (non-hydrogen) atoms. The van der Waals surface area contributed by atoms with Crippen LogP contribution in [0.25, 0.3) is 0 Å². The minimum Gasteiger partial charge on any atom is -0.321 e. The molecule has 0 aliphatic rings. The highest BCUT2D eigenvalue weighted by molar-refractivity contribution is 7.14. The van der Waals surface area contributed by atoms with E-state index in [0.29, 0.717) is 11.8 Å². The van der Waals surface area contributed by atoms with E-state index in [4.69, 9.17) is 0 Å². The van der Waals surface area contributed by atoms with Crippen LogP contribution in [0.2, 0.25) is 0 Å². The minimum absolute atomic E-state index is 0.00352. The van der Waals surface area contributed by atoms with Crippen molar-refractivity contribution in [3.05, 3.63) is 50.7 Å². The van der Waals surface area contributed by atoms with Gasteiger partial charge in [-0.3, -0.25) is 4.79 Å². The van der Waals surface area contributed by atoms with Gasteiger partial charge in [-0.1, -0.05) is 45.9 Å². The molecule has 0 saturated carbocycles. The van der Waals surface area contributed by atoms with Crippen LogP contribution in [0.3, 0.4) is 0 Å². The molecule has 2 nitrogen and oxygen atoms in total. The Labute approximate surface area is 137 Å². The monoisotopic (exact) mass is 315 g/mol. The number of nitrogens with one attached hydrogen (secondary N) is 1. The molecule has 1 N–H and O–H groups in total. The van der Waals surface area contributed by atoms with Gasteiger partial charge in [0.25, 0.3) is 5.91 Å². The van der Waals surface area contributed by atoms with Crippen molar-refractivity contribution in [1.29, 1.82) is 0 Å². The van der Waals surface area contributed by atoms with Crippen LogP contribution in [0, 0.1) is 13.8 Å². The first-order valence-corrected chi connectivity index (χ1v) is 8.64. The zero-order valence-corrected chi connectivity index (χ0v) is 15.1. The number of benzene rings is 1. The van der Waals surface area contributed by atoms with Crippen LogP contribution in [0.4, 0.5) is 5.69 Å². The fraction of sp³-hybridized carbons (Fsp3) is 0.421. The molecule has 0 unspecified atom stereocenters. The molecule has 3 heteroatoms. The quantitative estimate of drug-likeness (QED) is 0.751. The van der Waals surface area contributed by atoms with Crippen molar-refractivity contribution in [2.45, 2.75) is 53.4 Å². The van der Waals surface area contributed by atoms with E-state index >= 15 is 0 Å². The van der Waals surface area contributed by atoms with Gasteiger partial charge in [0, 0.05) is 10.6 Å². The maximum Gasteiger partial charge on any atom is 0.265 e. The Morgan fingerprint density at radius 3 is 2.00 bits per heavy atom. The van der Waals surface area contributed by atoms with Crippen molar-refractivity contribution >= 4 is 22.9 Å². The standard InChI is InChI=1S/C19H25NOS/c1-11(2)15-8-7-9-16(12(3)4)18(15)20-19(21)17-10-13(5)14(6)22-17/h7-12H,1-6H3,(H,20,21). The highest BCUT2D eigenvalue weighted by Gasteiger charge is 2.18.